The molecular formula is C14H21BrN2O2. The fourth-order valence-corrected chi connectivity index (χ4v) is 2.48. The summed E-state index contributed by atoms with van der Waals surface area (Å²) in [5.74, 6) is 0.680. The van der Waals surface area contributed by atoms with Crippen LogP contribution in [-0.2, 0) is 0 Å². The summed E-state index contributed by atoms with van der Waals surface area (Å²) in [5, 5.41) is 14.2. The van der Waals surface area contributed by atoms with E-state index in [4.69, 9.17) is 0 Å². The van der Waals surface area contributed by atoms with E-state index in [2.05, 4.69) is 42.0 Å². The molecule has 1 rings (SSSR count). The molecule has 0 spiro atoms. The van der Waals surface area contributed by atoms with Crippen LogP contribution in [0.25, 0.3) is 0 Å². The molecule has 0 aliphatic heterocycles. The van der Waals surface area contributed by atoms with Crippen molar-refractivity contribution >= 4 is 27.3 Å². The van der Waals surface area contributed by atoms with E-state index in [-0.39, 0.29) is 10.6 Å². The Bertz CT molecular complexity index is 437. The lowest BCUT2D eigenvalue weighted by molar-refractivity contribution is -0.385. The first kappa shape index (κ1) is 16.0. The number of nitrogens with zero attached hydrogens (tertiary/aromatic N) is 1. The maximum absolute atomic E-state index is 10.8. The van der Waals surface area contributed by atoms with Gasteiger partial charge in [0.15, 0.2) is 0 Å². The third-order valence-corrected chi connectivity index (χ3v) is 4.03. The van der Waals surface area contributed by atoms with Gasteiger partial charge in [-0.3, -0.25) is 10.1 Å². The molecule has 0 aliphatic carbocycles. The zero-order chi connectivity index (χ0) is 14.4. The predicted octanol–water partition coefficient (Wildman–Crippen LogP) is 4.98. The lowest BCUT2D eigenvalue weighted by Gasteiger charge is -2.21. The van der Waals surface area contributed by atoms with Gasteiger partial charge in [0.05, 0.1) is 9.40 Å². The Balaban J connectivity index is 2.75. The minimum absolute atomic E-state index is 0.0977. The number of anilines is 1. The van der Waals surface area contributed by atoms with Crippen molar-refractivity contribution in [2.45, 2.75) is 46.1 Å². The molecule has 1 aromatic carbocycles. The highest BCUT2D eigenvalue weighted by Crippen LogP contribution is 2.28. The van der Waals surface area contributed by atoms with Gasteiger partial charge in [-0.15, -0.1) is 0 Å². The molecule has 0 saturated carbocycles. The van der Waals surface area contributed by atoms with Crippen LogP contribution < -0.4 is 5.32 Å². The quantitative estimate of drug-likeness (QED) is 0.567. The van der Waals surface area contributed by atoms with Crippen molar-refractivity contribution in [1.29, 1.82) is 0 Å². The molecule has 106 valence electrons. The van der Waals surface area contributed by atoms with Gasteiger partial charge >= 0.3 is 0 Å². The molecule has 2 atom stereocenters. The van der Waals surface area contributed by atoms with Gasteiger partial charge in [-0.25, -0.2) is 0 Å². The van der Waals surface area contributed by atoms with Gasteiger partial charge < -0.3 is 5.32 Å². The standard InChI is InChI=1S/C14H21BrN2O2/c1-4-10(3)8-11(5-2)16-12-6-7-14(17(18)19)13(15)9-12/h6-7,9-11,16H,4-5,8H2,1-3H3. The Morgan fingerprint density at radius 1 is 1.37 bits per heavy atom. The first-order valence-corrected chi connectivity index (χ1v) is 7.47. The Morgan fingerprint density at radius 2 is 2.05 bits per heavy atom. The molecule has 1 aromatic rings. The summed E-state index contributed by atoms with van der Waals surface area (Å²) in [6, 6.07) is 5.48. The monoisotopic (exact) mass is 328 g/mol. The number of nitro groups is 1. The second-order valence-electron chi connectivity index (χ2n) is 4.92. The van der Waals surface area contributed by atoms with Crippen molar-refractivity contribution in [2.75, 3.05) is 5.32 Å². The number of benzene rings is 1. The van der Waals surface area contributed by atoms with E-state index in [9.17, 15) is 10.1 Å². The number of rotatable bonds is 7. The molecular weight excluding hydrogens is 308 g/mol. The normalized spacial score (nSPS) is 13.9. The molecule has 0 fully saturated rings. The number of nitrogens with one attached hydrogen (secondary N) is 1. The molecule has 4 nitrogen and oxygen atoms in total. The molecule has 0 aromatic heterocycles. The van der Waals surface area contributed by atoms with Crippen LogP contribution in [0.15, 0.2) is 22.7 Å². The van der Waals surface area contributed by atoms with Crippen molar-refractivity contribution in [1.82, 2.24) is 0 Å². The van der Waals surface area contributed by atoms with Crippen LogP contribution in [0, 0.1) is 16.0 Å². The van der Waals surface area contributed by atoms with Crippen LogP contribution in [0.1, 0.15) is 40.0 Å². The van der Waals surface area contributed by atoms with Crippen molar-refractivity contribution in [3.8, 4) is 0 Å². The van der Waals surface area contributed by atoms with Gasteiger partial charge in [-0.05, 0) is 46.8 Å². The number of hydrogen-bond acceptors (Lipinski definition) is 3. The highest BCUT2D eigenvalue weighted by molar-refractivity contribution is 9.10. The summed E-state index contributed by atoms with van der Waals surface area (Å²) in [5.41, 5.74) is 1.02. The molecule has 5 heteroatoms. The average Bonchev–Trinajstić information content (AvgIpc) is 2.37. The van der Waals surface area contributed by atoms with Gasteiger partial charge in [-0.2, -0.15) is 0 Å². The molecule has 1 N–H and O–H groups in total. The summed E-state index contributed by atoms with van der Waals surface area (Å²) in [6.45, 7) is 6.59. The van der Waals surface area contributed by atoms with Crippen LogP contribution in [0.2, 0.25) is 0 Å². The number of nitro benzene ring substituents is 1. The summed E-state index contributed by atoms with van der Waals surface area (Å²) in [6.07, 6.45) is 3.32. The fourth-order valence-electron chi connectivity index (χ4n) is 1.96. The Morgan fingerprint density at radius 3 is 2.53 bits per heavy atom. The highest BCUT2D eigenvalue weighted by atomic mass is 79.9. The third kappa shape index (κ3) is 4.82. The van der Waals surface area contributed by atoms with Crippen LogP contribution in [0.5, 0.6) is 0 Å². The van der Waals surface area contributed by atoms with Crippen LogP contribution >= 0.6 is 15.9 Å². The Hall–Kier alpha value is -1.10. The number of halogens is 1. The highest BCUT2D eigenvalue weighted by Gasteiger charge is 2.14. The van der Waals surface area contributed by atoms with E-state index in [1.807, 2.05) is 0 Å². The van der Waals surface area contributed by atoms with Gasteiger partial charge in [-0.1, -0.05) is 27.2 Å². The van der Waals surface area contributed by atoms with Gasteiger partial charge in [0.25, 0.3) is 5.69 Å². The predicted molar refractivity (Wildman–Crippen MR) is 82.6 cm³/mol. The first-order valence-electron chi connectivity index (χ1n) is 6.68. The van der Waals surface area contributed by atoms with Gasteiger partial charge in [0, 0.05) is 17.8 Å². The minimum atomic E-state index is -0.385. The summed E-state index contributed by atoms with van der Waals surface area (Å²) < 4.78 is 0.515. The van der Waals surface area contributed by atoms with Gasteiger partial charge in [0.1, 0.15) is 0 Å². The molecule has 0 heterocycles. The van der Waals surface area contributed by atoms with E-state index < -0.39 is 0 Å². The maximum atomic E-state index is 10.8. The van der Waals surface area contributed by atoms with E-state index in [1.165, 1.54) is 12.5 Å². The van der Waals surface area contributed by atoms with Crippen LogP contribution in [0.3, 0.4) is 0 Å². The van der Waals surface area contributed by atoms with Crippen molar-refractivity contribution in [3.63, 3.8) is 0 Å². The van der Waals surface area contributed by atoms with Gasteiger partial charge in [0.2, 0.25) is 0 Å². The Kier molecular flexibility index (Phi) is 6.28. The van der Waals surface area contributed by atoms with E-state index in [0.717, 1.165) is 18.5 Å². The topological polar surface area (TPSA) is 55.2 Å². The molecule has 0 radical (unpaired) electrons. The second-order valence-corrected chi connectivity index (χ2v) is 5.78. The molecule has 2 unspecified atom stereocenters. The maximum Gasteiger partial charge on any atom is 0.283 e. The Labute approximate surface area is 122 Å². The SMILES string of the molecule is CCC(C)CC(CC)Nc1ccc([N+](=O)[O-])c(Br)c1. The smallest absolute Gasteiger partial charge is 0.283 e. The lowest BCUT2D eigenvalue weighted by atomic mass is 9.97. The average molecular weight is 329 g/mol. The summed E-state index contributed by atoms with van der Waals surface area (Å²) in [7, 11) is 0. The van der Waals surface area contributed by atoms with Crippen LogP contribution in [0.4, 0.5) is 11.4 Å². The summed E-state index contributed by atoms with van der Waals surface area (Å²) in [4.78, 5) is 10.4. The number of hydrogen-bond donors (Lipinski definition) is 1. The summed E-state index contributed by atoms with van der Waals surface area (Å²) >= 11 is 3.24. The zero-order valence-corrected chi connectivity index (χ0v) is 13.2. The van der Waals surface area contributed by atoms with E-state index in [0.29, 0.717) is 16.4 Å². The molecule has 19 heavy (non-hydrogen) atoms. The van der Waals surface area contributed by atoms with E-state index in [1.54, 1.807) is 12.1 Å². The van der Waals surface area contributed by atoms with Crippen molar-refractivity contribution in [2.24, 2.45) is 5.92 Å². The van der Waals surface area contributed by atoms with Crippen molar-refractivity contribution in [3.05, 3.63) is 32.8 Å². The molecule has 0 saturated heterocycles. The minimum Gasteiger partial charge on any atom is -0.382 e. The molecule has 0 aliphatic rings. The molecule has 0 amide bonds. The lowest BCUT2D eigenvalue weighted by Crippen LogP contribution is -2.21. The van der Waals surface area contributed by atoms with Crippen LogP contribution in [-0.4, -0.2) is 11.0 Å². The molecule has 0 bridgehead atoms. The first-order chi connectivity index (χ1) is 8.97. The fraction of sp³-hybridized carbons (Fsp3) is 0.571. The van der Waals surface area contributed by atoms with E-state index >= 15 is 0 Å². The second kappa shape index (κ2) is 7.48. The zero-order valence-electron chi connectivity index (χ0n) is 11.6. The van der Waals surface area contributed by atoms with Crippen molar-refractivity contribution < 1.29 is 4.92 Å². The largest absolute Gasteiger partial charge is 0.382 e. The third-order valence-electron chi connectivity index (χ3n) is 3.39.